The van der Waals surface area contributed by atoms with Crippen molar-refractivity contribution in [2.45, 2.75) is 6.92 Å². The third-order valence-corrected chi connectivity index (χ3v) is 3.87. The summed E-state index contributed by atoms with van der Waals surface area (Å²) in [5.74, 6) is -2.00. The number of hydrogen-bond acceptors (Lipinski definition) is 6. The number of carboxylic acid groups (broad SMARTS) is 1. The molecule has 0 spiro atoms. The highest BCUT2D eigenvalue weighted by Gasteiger charge is 2.17. The molecule has 0 aliphatic carbocycles. The number of aromatic carboxylic acids is 1. The van der Waals surface area contributed by atoms with E-state index >= 15 is 0 Å². The Hall–Kier alpha value is -3.43. The second-order valence-corrected chi connectivity index (χ2v) is 5.90. The van der Waals surface area contributed by atoms with Crippen molar-refractivity contribution >= 4 is 17.8 Å². The quantitative estimate of drug-likeness (QED) is 0.332. The Morgan fingerprint density at radius 3 is 2.21 bits per heavy atom. The molecule has 0 aliphatic rings. The number of carboxylic acids is 1. The topological polar surface area (TPSA) is 123 Å². The number of carbonyl (C=O) groups excluding carboxylic acids is 2. The van der Waals surface area contributed by atoms with Crippen LogP contribution in [0.1, 0.15) is 36.6 Å². The summed E-state index contributed by atoms with van der Waals surface area (Å²) in [5, 5.41) is 9.14. The van der Waals surface area contributed by atoms with Gasteiger partial charge in [0, 0.05) is 12.7 Å². The molecule has 29 heavy (non-hydrogen) atoms. The third-order valence-electron chi connectivity index (χ3n) is 3.87. The lowest BCUT2D eigenvalue weighted by Crippen LogP contribution is -2.42. The molecule has 9 heteroatoms. The minimum atomic E-state index is -1.24. The molecule has 0 fully saturated rings. The van der Waals surface area contributed by atoms with E-state index in [2.05, 4.69) is 10.9 Å². The van der Waals surface area contributed by atoms with Gasteiger partial charge in [0.1, 0.15) is 5.75 Å². The van der Waals surface area contributed by atoms with Crippen molar-refractivity contribution in [1.29, 1.82) is 0 Å². The van der Waals surface area contributed by atoms with Gasteiger partial charge in [-0.2, -0.15) is 0 Å². The van der Waals surface area contributed by atoms with E-state index in [-0.39, 0.29) is 17.9 Å². The Kier molecular flexibility index (Phi) is 8.13. The van der Waals surface area contributed by atoms with E-state index in [1.54, 1.807) is 32.2 Å². The van der Waals surface area contributed by atoms with Gasteiger partial charge in [0.15, 0.2) is 6.79 Å². The second kappa shape index (κ2) is 10.8. The number of ether oxygens (including phenoxy) is 3. The molecule has 0 radical (unpaired) electrons. The van der Waals surface area contributed by atoms with E-state index < -0.39 is 17.8 Å². The van der Waals surface area contributed by atoms with Crippen molar-refractivity contribution in [3.8, 4) is 5.75 Å². The van der Waals surface area contributed by atoms with Crippen LogP contribution in [0.4, 0.5) is 0 Å². The fourth-order valence-corrected chi connectivity index (χ4v) is 2.41. The number of carbonyl (C=O) groups is 3. The van der Waals surface area contributed by atoms with E-state index in [4.69, 9.17) is 19.3 Å². The minimum Gasteiger partial charge on any atom is -0.478 e. The van der Waals surface area contributed by atoms with E-state index in [0.29, 0.717) is 30.1 Å². The zero-order chi connectivity index (χ0) is 21.2. The maximum atomic E-state index is 12.3. The molecule has 154 valence electrons. The van der Waals surface area contributed by atoms with Crippen LogP contribution in [0.5, 0.6) is 5.75 Å². The van der Waals surface area contributed by atoms with Crippen LogP contribution in [0.25, 0.3) is 0 Å². The first-order valence-corrected chi connectivity index (χ1v) is 8.67. The maximum absolute atomic E-state index is 12.3. The molecule has 3 N–H and O–H groups in total. The minimum absolute atomic E-state index is 0.0490. The summed E-state index contributed by atoms with van der Waals surface area (Å²) in [5.41, 5.74) is 5.23. The zero-order valence-electron chi connectivity index (χ0n) is 16.1. The number of amides is 2. The fraction of sp³-hybridized carbons (Fsp3) is 0.250. The number of benzene rings is 2. The van der Waals surface area contributed by atoms with Gasteiger partial charge in [0.05, 0.1) is 24.3 Å². The zero-order valence-corrected chi connectivity index (χ0v) is 16.1. The lowest BCUT2D eigenvalue weighted by Gasteiger charge is -2.12. The van der Waals surface area contributed by atoms with Crippen LogP contribution in [0.3, 0.4) is 0 Å². The average Bonchev–Trinajstić information content (AvgIpc) is 2.71. The van der Waals surface area contributed by atoms with E-state index in [0.717, 1.165) is 0 Å². The molecule has 9 nitrogen and oxygen atoms in total. The summed E-state index contributed by atoms with van der Waals surface area (Å²) in [4.78, 5) is 35.7. The van der Waals surface area contributed by atoms with Crippen LogP contribution in [0, 0.1) is 6.92 Å². The molecule has 0 atom stereocenters. The van der Waals surface area contributed by atoms with Gasteiger partial charge in [-0.3, -0.25) is 20.4 Å². The summed E-state index contributed by atoms with van der Waals surface area (Å²) in [6, 6.07) is 10.5. The fourth-order valence-electron chi connectivity index (χ4n) is 2.41. The molecule has 0 aliphatic heterocycles. The third kappa shape index (κ3) is 6.30. The van der Waals surface area contributed by atoms with Crippen molar-refractivity contribution in [2.24, 2.45) is 0 Å². The smallest absolute Gasteiger partial charge is 0.336 e. The summed E-state index contributed by atoms with van der Waals surface area (Å²) in [7, 11) is 1.57. The van der Waals surface area contributed by atoms with Crippen molar-refractivity contribution < 1.29 is 33.7 Å². The Bertz CT molecular complexity index is 883. The van der Waals surface area contributed by atoms with E-state index in [1.807, 2.05) is 0 Å². The van der Waals surface area contributed by atoms with Crippen LogP contribution >= 0.6 is 0 Å². The van der Waals surface area contributed by atoms with E-state index in [1.165, 1.54) is 24.3 Å². The monoisotopic (exact) mass is 402 g/mol. The molecule has 2 rings (SSSR count). The Balaban J connectivity index is 1.94. The van der Waals surface area contributed by atoms with Gasteiger partial charge < -0.3 is 19.3 Å². The number of hydrogen-bond donors (Lipinski definition) is 3. The van der Waals surface area contributed by atoms with Crippen LogP contribution in [-0.2, 0) is 9.47 Å². The molecule has 2 aromatic rings. The first-order chi connectivity index (χ1) is 13.9. The van der Waals surface area contributed by atoms with Crippen molar-refractivity contribution in [3.05, 3.63) is 64.7 Å². The molecule has 2 amide bonds. The normalized spacial score (nSPS) is 10.3. The number of aryl methyl sites for hydroxylation is 1. The van der Waals surface area contributed by atoms with Crippen LogP contribution in [-0.4, -0.2) is 50.0 Å². The molecule has 0 saturated heterocycles. The van der Waals surface area contributed by atoms with Gasteiger partial charge in [0.2, 0.25) is 0 Å². The average molecular weight is 402 g/mol. The number of rotatable bonds is 9. The number of methoxy groups -OCH3 is 1. The molecular weight excluding hydrogens is 380 g/mol. The molecule has 0 unspecified atom stereocenters. The summed E-state index contributed by atoms with van der Waals surface area (Å²) in [6.45, 7) is 2.63. The molecule has 2 aromatic carbocycles. The summed E-state index contributed by atoms with van der Waals surface area (Å²) < 4.78 is 15.5. The predicted molar refractivity (Wildman–Crippen MR) is 103 cm³/mol. The van der Waals surface area contributed by atoms with Crippen molar-refractivity contribution in [3.63, 3.8) is 0 Å². The molecule has 0 saturated carbocycles. The highest BCUT2D eigenvalue weighted by Crippen LogP contribution is 2.17. The lowest BCUT2D eigenvalue weighted by molar-refractivity contribution is -0.00849. The Morgan fingerprint density at radius 2 is 1.59 bits per heavy atom. The molecule has 0 bridgehead atoms. The van der Waals surface area contributed by atoms with Gasteiger partial charge in [-0.15, -0.1) is 0 Å². The number of nitrogens with one attached hydrogen (secondary N) is 2. The first kappa shape index (κ1) is 21.9. The van der Waals surface area contributed by atoms with Crippen LogP contribution in [0.15, 0.2) is 42.5 Å². The first-order valence-electron chi connectivity index (χ1n) is 8.67. The highest BCUT2D eigenvalue weighted by atomic mass is 16.7. The lowest BCUT2D eigenvalue weighted by atomic mass is 10.1. The van der Waals surface area contributed by atoms with Gasteiger partial charge in [-0.25, -0.2) is 4.79 Å². The van der Waals surface area contributed by atoms with Gasteiger partial charge >= 0.3 is 5.97 Å². The molecular formula is C20H22N2O7. The largest absolute Gasteiger partial charge is 0.478 e. The second-order valence-electron chi connectivity index (χ2n) is 5.90. The standard InChI is InChI=1S/C20H22N2O7/c1-13-11-14(29-12-28-10-9-27-2)7-8-15(13)18(23)21-22-19(24)16-5-3-4-6-17(16)20(25)26/h3-8,11H,9-10,12H2,1-2H3,(H,21,23)(H,22,24)(H,25,26). The van der Waals surface area contributed by atoms with Crippen LogP contribution < -0.4 is 15.6 Å². The molecule has 0 aromatic heterocycles. The van der Waals surface area contributed by atoms with Gasteiger partial charge in [-0.05, 0) is 42.8 Å². The van der Waals surface area contributed by atoms with Gasteiger partial charge in [-0.1, -0.05) is 12.1 Å². The summed E-state index contributed by atoms with van der Waals surface area (Å²) >= 11 is 0. The van der Waals surface area contributed by atoms with E-state index in [9.17, 15) is 14.4 Å². The predicted octanol–water partition coefficient (Wildman–Crippen LogP) is 1.77. The highest BCUT2D eigenvalue weighted by molar-refractivity contribution is 6.06. The van der Waals surface area contributed by atoms with Gasteiger partial charge in [0.25, 0.3) is 11.8 Å². The Morgan fingerprint density at radius 1 is 0.931 bits per heavy atom. The van der Waals surface area contributed by atoms with Crippen molar-refractivity contribution in [2.75, 3.05) is 27.1 Å². The van der Waals surface area contributed by atoms with Crippen molar-refractivity contribution in [1.82, 2.24) is 10.9 Å². The Labute approximate surface area is 167 Å². The SMILES string of the molecule is COCCOCOc1ccc(C(=O)NNC(=O)c2ccccc2C(=O)O)c(C)c1. The number of hydrazine groups is 1. The molecule has 0 heterocycles. The maximum Gasteiger partial charge on any atom is 0.336 e. The van der Waals surface area contributed by atoms with Crippen LogP contribution in [0.2, 0.25) is 0 Å². The summed E-state index contributed by atoms with van der Waals surface area (Å²) in [6.07, 6.45) is 0.